The number of piperidine rings is 1. The van der Waals surface area contributed by atoms with Gasteiger partial charge in [0.1, 0.15) is 35.4 Å². The van der Waals surface area contributed by atoms with Crippen LogP contribution in [0.1, 0.15) is 65.3 Å². The summed E-state index contributed by atoms with van der Waals surface area (Å²) in [6, 6.07) is 11.0. The SMILES string of the molecule is CC(C)c1nc(C(=O)N2CCOC3(CCN(CCOc4ccc(CNC[C@H](OC=O)c5ccc(O)c6[nH]c(=O)sc56)cc4)CC3)C2)cs1. The van der Waals surface area contributed by atoms with Gasteiger partial charge in [-0.25, -0.2) is 4.98 Å². The lowest BCUT2D eigenvalue weighted by Crippen LogP contribution is -2.58. The van der Waals surface area contributed by atoms with Crippen molar-refractivity contribution in [1.29, 1.82) is 0 Å². The molecule has 1 atom stereocenters. The van der Waals surface area contributed by atoms with Crippen molar-refractivity contribution in [2.24, 2.45) is 0 Å². The molecule has 3 N–H and O–H groups in total. The molecule has 0 bridgehead atoms. The van der Waals surface area contributed by atoms with Gasteiger partial charge in [0.2, 0.25) is 0 Å². The van der Waals surface area contributed by atoms with Crippen LogP contribution in [-0.2, 0) is 20.8 Å². The molecule has 0 aliphatic carbocycles. The van der Waals surface area contributed by atoms with Crippen LogP contribution in [0.25, 0.3) is 10.2 Å². The van der Waals surface area contributed by atoms with Gasteiger partial charge in [-0.2, -0.15) is 0 Å². The summed E-state index contributed by atoms with van der Waals surface area (Å²) in [6.07, 6.45) is 1.11. The van der Waals surface area contributed by atoms with Crippen molar-refractivity contribution in [2.45, 2.75) is 50.9 Å². The molecule has 2 aliphatic rings. The molecule has 2 aromatic carbocycles. The van der Waals surface area contributed by atoms with Crippen LogP contribution in [0.4, 0.5) is 0 Å². The van der Waals surface area contributed by atoms with Crippen molar-refractivity contribution in [3.05, 3.63) is 73.3 Å². The number of hydrogen-bond donors (Lipinski definition) is 3. The lowest BCUT2D eigenvalue weighted by Gasteiger charge is -2.47. The molecule has 4 aromatic rings. The predicted octanol–water partition coefficient (Wildman–Crippen LogP) is 4.27. The minimum absolute atomic E-state index is 0.00204. The van der Waals surface area contributed by atoms with E-state index in [1.807, 2.05) is 34.5 Å². The highest BCUT2D eigenvalue weighted by Crippen LogP contribution is 2.33. The second-order valence-electron chi connectivity index (χ2n) is 12.6. The number of nitrogens with one attached hydrogen (secondary N) is 2. The van der Waals surface area contributed by atoms with E-state index < -0.39 is 6.10 Å². The fourth-order valence-electron chi connectivity index (χ4n) is 6.25. The van der Waals surface area contributed by atoms with Gasteiger partial charge in [-0.15, -0.1) is 11.3 Å². The molecule has 0 radical (unpaired) electrons. The quantitative estimate of drug-likeness (QED) is 0.174. The van der Waals surface area contributed by atoms with E-state index in [9.17, 15) is 19.5 Å². The van der Waals surface area contributed by atoms with Crippen LogP contribution >= 0.6 is 22.7 Å². The number of rotatable bonds is 13. The lowest BCUT2D eigenvalue weighted by atomic mass is 9.89. The van der Waals surface area contributed by atoms with Crippen molar-refractivity contribution in [3.63, 3.8) is 0 Å². The first-order valence-corrected chi connectivity index (χ1v) is 17.9. The van der Waals surface area contributed by atoms with E-state index in [1.54, 1.807) is 17.4 Å². The van der Waals surface area contributed by atoms with Crippen molar-refractivity contribution < 1.29 is 28.9 Å². The number of thiazole rings is 2. The van der Waals surface area contributed by atoms with E-state index in [2.05, 4.69) is 34.0 Å². The molecule has 14 heteroatoms. The molecule has 1 amide bonds. The van der Waals surface area contributed by atoms with Crippen LogP contribution in [-0.4, -0.2) is 95.3 Å². The fraction of sp³-hybridized carbons (Fsp3) is 0.471. The summed E-state index contributed by atoms with van der Waals surface area (Å²) in [5.74, 6) is 1.07. The number of aromatic hydroxyl groups is 1. The molecule has 256 valence electrons. The van der Waals surface area contributed by atoms with Crippen molar-refractivity contribution in [1.82, 2.24) is 25.1 Å². The van der Waals surface area contributed by atoms with Gasteiger partial charge < -0.3 is 34.5 Å². The second kappa shape index (κ2) is 15.2. The maximum absolute atomic E-state index is 13.2. The Hall–Kier alpha value is -3.82. The highest BCUT2D eigenvalue weighted by molar-refractivity contribution is 7.16. The second-order valence-corrected chi connectivity index (χ2v) is 14.4. The standard InChI is InChI=1S/C34H41N5O7S2/c1-22(2)31-36-26(19-47-31)32(42)39-14-16-46-34(20-39)9-11-38(12-10-34)13-15-44-24-5-3-23(4-6-24)17-35-18-28(45-21-40)25-7-8-27(41)29-30(25)48-33(43)37-29/h3-8,19,21-22,28,35,41H,9-18,20H2,1-2H3,(H,37,43)/t28-/m0/s1. The summed E-state index contributed by atoms with van der Waals surface area (Å²) in [5.41, 5.74) is 2.26. The number of phenolic OH excluding ortho intramolecular Hbond substituents is 1. The summed E-state index contributed by atoms with van der Waals surface area (Å²) in [5, 5.41) is 16.3. The predicted molar refractivity (Wildman–Crippen MR) is 184 cm³/mol. The first kappa shape index (κ1) is 34.1. The Bertz CT molecular complexity index is 1760. The Morgan fingerprint density at radius 1 is 1.19 bits per heavy atom. The van der Waals surface area contributed by atoms with Crippen molar-refractivity contribution >= 4 is 45.3 Å². The third-order valence-electron chi connectivity index (χ3n) is 8.95. The number of fused-ring (bicyclic) bond motifs is 1. The third kappa shape index (κ3) is 7.90. The van der Waals surface area contributed by atoms with E-state index in [4.69, 9.17) is 14.2 Å². The first-order chi connectivity index (χ1) is 23.2. The van der Waals surface area contributed by atoms with Crippen molar-refractivity contribution in [2.75, 3.05) is 52.5 Å². The van der Waals surface area contributed by atoms with E-state index in [0.717, 1.165) is 60.1 Å². The number of ether oxygens (including phenoxy) is 3. The number of benzene rings is 2. The molecular weight excluding hydrogens is 655 g/mol. The van der Waals surface area contributed by atoms with Gasteiger partial charge in [0.05, 0.1) is 28.5 Å². The summed E-state index contributed by atoms with van der Waals surface area (Å²) in [4.78, 5) is 47.5. The fourth-order valence-corrected chi connectivity index (χ4v) is 7.98. The minimum atomic E-state index is -0.628. The molecule has 4 heterocycles. The number of carbonyl (C=O) groups excluding carboxylic acids is 2. The zero-order valence-corrected chi connectivity index (χ0v) is 28.7. The zero-order chi connectivity index (χ0) is 33.7. The maximum Gasteiger partial charge on any atom is 0.305 e. The van der Waals surface area contributed by atoms with Crippen LogP contribution < -0.4 is 14.9 Å². The van der Waals surface area contributed by atoms with Gasteiger partial charge >= 0.3 is 4.87 Å². The molecule has 2 saturated heterocycles. The molecule has 12 nitrogen and oxygen atoms in total. The highest BCUT2D eigenvalue weighted by Gasteiger charge is 2.41. The molecular formula is C34H41N5O7S2. The van der Waals surface area contributed by atoms with E-state index >= 15 is 0 Å². The summed E-state index contributed by atoms with van der Waals surface area (Å²) in [6.45, 7) is 10.3. The number of aromatic amines is 1. The van der Waals surface area contributed by atoms with E-state index in [1.165, 1.54) is 6.07 Å². The highest BCUT2D eigenvalue weighted by atomic mass is 32.1. The zero-order valence-electron chi connectivity index (χ0n) is 27.1. The summed E-state index contributed by atoms with van der Waals surface area (Å²) < 4.78 is 18.2. The van der Waals surface area contributed by atoms with Crippen LogP contribution in [0.2, 0.25) is 0 Å². The van der Waals surface area contributed by atoms with Gasteiger partial charge in [-0.1, -0.05) is 43.4 Å². The first-order valence-electron chi connectivity index (χ1n) is 16.2. The van der Waals surface area contributed by atoms with Crippen LogP contribution in [0.15, 0.2) is 46.6 Å². The number of nitrogens with zero attached hydrogens (tertiary/aromatic N) is 3. The topological polar surface area (TPSA) is 146 Å². The van der Waals surface area contributed by atoms with Gasteiger partial charge in [0, 0.05) is 56.1 Å². The Labute approximate surface area is 286 Å². The smallest absolute Gasteiger partial charge is 0.305 e. The summed E-state index contributed by atoms with van der Waals surface area (Å²) >= 11 is 2.52. The number of carbonyl (C=O) groups is 2. The average molecular weight is 696 g/mol. The Morgan fingerprint density at radius 2 is 1.98 bits per heavy atom. The van der Waals surface area contributed by atoms with Gasteiger partial charge in [0.15, 0.2) is 0 Å². The van der Waals surface area contributed by atoms with Crippen molar-refractivity contribution in [3.8, 4) is 11.5 Å². The Kier molecular flexibility index (Phi) is 10.8. The third-order valence-corrected chi connectivity index (χ3v) is 11.0. The monoisotopic (exact) mass is 695 g/mol. The molecule has 2 aromatic heterocycles. The largest absolute Gasteiger partial charge is 0.506 e. The lowest BCUT2D eigenvalue weighted by molar-refractivity contribution is -0.133. The normalized spacial score (nSPS) is 17.2. The Balaban J connectivity index is 0.927. The number of aromatic nitrogens is 2. The van der Waals surface area contributed by atoms with Gasteiger partial charge in [-0.3, -0.25) is 19.3 Å². The number of hydrogen-bond acceptors (Lipinski definition) is 12. The molecule has 48 heavy (non-hydrogen) atoms. The average Bonchev–Trinajstić information content (AvgIpc) is 3.74. The molecule has 1 spiro atoms. The van der Waals surface area contributed by atoms with Crippen LogP contribution in [0.3, 0.4) is 0 Å². The number of amides is 1. The van der Waals surface area contributed by atoms with Crippen LogP contribution in [0, 0.1) is 0 Å². The number of H-pyrrole nitrogens is 1. The van der Waals surface area contributed by atoms with Crippen LogP contribution in [0.5, 0.6) is 11.5 Å². The molecule has 2 fully saturated rings. The minimum Gasteiger partial charge on any atom is -0.506 e. The van der Waals surface area contributed by atoms with E-state index in [-0.39, 0.29) is 22.1 Å². The van der Waals surface area contributed by atoms with Gasteiger partial charge in [-0.05, 0) is 36.6 Å². The number of likely N-dealkylation sites (tertiary alicyclic amines) is 1. The summed E-state index contributed by atoms with van der Waals surface area (Å²) in [7, 11) is 0. The maximum atomic E-state index is 13.2. The number of phenols is 1. The molecule has 6 rings (SSSR count). The van der Waals surface area contributed by atoms with E-state index in [0.29, 0.717) is 73.3 Å². The molecule has 2 aliphatic heterocycles. The number of morpholine rings is 1. The molecule has 0 saturated carbocycles. The Morgan fingerprint density at radius 3 is 2.71 bits per heavy atom. The van der Waals surface area contributed by atoms with Gasteiger partial charge in [0.25, 0.3) is 12.4 Å². The molecule has 0 unspecified atom stereocenters.